The largest absolute Gasteiger partial charge is 0.384 e. The van der Waals surface area contributed by atoms with Crippen LogP contribution >= 0.6 is 0 Å². The van der Waals surface area contributed by atoms with Crippen LogP contribution in [-0.4, -0.2) is 36.2 Å². The SMILES string of the molecule is CCN(Cc1ccc(N)nc1)C(C)COC. The molecule has 90 valence electrons. The van der Waals surface area contributed by atoms with Gasteiger partial charge in [0.05, 0.1) is 6.61 Å². The van der Waals surface area contributed by atoms with E-state index in [4.69, 9.17) is 10.5 Å². The number of anilines is 1. The van der Waals surface area contributed by atoms with Gasteiger partial charge < -0.3 is 10.5 Å². The summed E-state index contributed by atoms with van der Waals surface area (Å²) >= 11 is 0. The number of likely N-dealkylation sites (N-methyl/N-ethyl adjacent to an activating group) is 1. The number of rotatable bonds is 6. The second-order valence-electron chi connectivity index (χ2n) is 3.96. The van der Waals surface area contributed by atoms with Crippen molar-refractivity contribution in [2.45, 2.75) is 26.4 Å². The van der Waals surface area contributed by atoms with E-state index in [0.29, 0.717) is 11.9 Å². The van der Waals surface area contributed by atoms with Crippen molar-refractivity contribution < 1.29 is 4.74 Å². The van der Waals surface area contributed by atoms with Gasteiger partial charge in [-0.15, -0.1) is 0 Å². The molecule has 1 aromatic rings. The molecule has 0 aliphatic heterocycles. The Morgan fingerprint density at radius 3 is 2.75 bits per heavy atom. The molecule has 0 saturated heterocycles. The maximum atomic E-state index is 5.55. The summed E-state index contributed by atoms with van der Waals surface area (Å²) < 4.78 is 5.17. The fourth-order valence-corrected chi connectivity index (χ4v) is 1.69. The minimum Gasteiger partial charge on any atom is -0.384 e. The number of aromatic nitrogens is 1. The Labute approximate surface area is 97.4 Å². The van der Waals surface area contributed by atoms with Gasteiger partial charge in [-0.05, 0) is 25.1 Å². The van der Waals surface area contributed by atoms with Gasteiger partial charge in [-0.2, -0.15) is 0 Å². The minimum absolute atomic E-state index is 0.410. The van der Waals surface area contributed by atoms with Crippen molar-refractivity contribution in [2.24, 2.45) is 0 Å². The van der Waals surface area contributed by atoms with Crippen LogP contribution in [0.5, 0.6) is 0 Å². The zero-order valence-corrected chi connectivity index (χ0v) is 10.3. The van der Waals surface area contributed by atoms with Gasteiger partial charge in [0, 0.05) is 25.9 Å². The lowest BCUT2D eigenvalue weighted by Crippen LogP contribution is -2.35. The highest BCUT2D eigenvalue weighted by atomic mass is 16.5. The molecule has 1 rings (SSSR count). The molecule has 1 aromatic heterocycles. The lowest BCUT2D eigenvalue weighted by molar-refractivity contribution is 0.0981. The average molecular weight is 223 g/mol. The Morgan fingerprint density at radius 1 is 1.50 bits per heavy atom. The molecule has 0 aliphatic rings. The van der Waals surface area contributed by atoms with Crippen molar-refractivity contribution >= 4 is 5.82 Å². The molecule has 0 bridgehead atoms. The number of hydrogen-bond acceptors (Lipinski definition) is 4. The number of nitrogens with two attached hydrogens (primary N) is 1. The molecule has 4 heteroatoms. The molecule has 0 fully saturated rings. The summed E-state index contributed by atoms with van der Waals surface area (Å²) in [4.78, 5) is 6.44. The third kappa shape index (κ3) is 3.79. The van der Waals surface area contributed by atoms with E-state index in [-0.39, 0.29) is 0 Å². The first-order chi connectivity index (χ1) is 7.67. The number of pyridine rings is 1. The Morgan fingerprint density at radius 2 is 2.25 bits per heavy atom. The summed E-state index contributed by atoms with van der Waals surface area (Å²) in [5.74, 6) is 0.566. The second-order valence-corrected chi connectivity index (χ2v) is 3.96. The lowest BCUT2D eigenvalue weighted by Gasteiger charge is -2.27. The van der Waals surface area contributed by atoms with Crippen molar-refractivity contribution in [1.82, 2.24) is 9.88 Å². The van der Waals surface area contributed by atoms with Crippen molar-refractivity contribution in [1.29, 1.82) is 0 Å². The second kappa shape index (κ2) is 6.45. The summed E-state index contributed by atoms with van der Waals surface area (Å²) in [7, 11) is 1.73. The Balaban J connectivity index is 2.59. The highest BCUT2D eigenvalue weighted by molar-refractivity contribution is 5.29. The quantitative estimate of drug-likeness (QED) is 0.794. The van der Waals surface area contributed by atoms with Crippen molar-refractivity contribution in [3.8, 4) is 0 Å². The number of nitrogens with zero attached hydrogens (tertiary/aromatic N) is 2. The van der Waals surface area contributed by atoms with Gasteiger partial charge in [-0.25, -0.2) is 4.98 Å². The molecule has 0 spiro atoms. The van der Waals surface area contributed by atoms with Gasteiger partial charge in [-0.3, -0.25) is 4.90 Å². The van der Waals surface area contributed by atoms with E-state index < -0.39 is 0 Å². The summed E-state index contributed by atoms with van der Waals surface area (Å²) in [5.41, 5.74) is 6.73. The van der Waals surface area contributed by atoms with Crippen LogP contribution < -0.4 is 5.73 Å². The van der Waals surface area contributed by atoms with E-state index in [2.05, 4.69) is 23.7 Å². The molecule has 0 amide bonds. The number of nitrogen functional groups attached to an aromatic ring is 1. The molecule has 16 heavy (non-hydrogen) atoms. The van der Waals surface area contributed by atoms with Crippen LogP contribution in [0.1, 0.15) is 19.4 Å². The van der Waals surface area contributed by atoms with Crippen molar-refractivity contribution in [2.75, 3.05) is 26.0 Å². The van der Waals surface area contributed by atoms with E-state index in [0.717, 1.165) is 19.7 Å². The molecule has 0 aromatic carbocycles. The van der Waals surface area contributed by atoms with E-state index in [1.807, 2.05) is 18.3 Å². The molecule has 0 saturated carbocycles. The number of ether oxygens (including phenoxy) is 1. The molecule has 2 N–H and O–H groups in total. The molecule has 0 radical (unpaired) electrons. The van der Waals surface area contributed by atoms with Gasteiger partial charge in [0.2, 0.25) is 0 Å². The Kier molecular flexibility index (Phi) is 5.22. The Hall–Kier alpha value is -1.13. The highest BCUT2D eigenvalue weighted by Gasteiger charge is 2.11. The fraction of sp³-hybridized carbons (Fsp3) is 0.583. The van der Waals surface area contributed by atoms with E-state index in [1.165, 1.54) is 5.56 Å². The molecule has 0 aliphatic carbocycles. The zero-order chi connectivity index (χ0) is 12.0. The van der Waals surface area contributed by atoms with Gasteiger partial charge in [0.25, 0.3) is 0 Å². The van der Waals surface area contributed by atoms with Crippen molar-refractivity contribution in [3.63, 3.8) is 0 Å². The summed E-state index contributed by atoms with van der Waals surface area (Å²) in [5, 5.41) is 0. The van der Waals surface area contributed by atoms with E-state index >= 15 is 0 Å². The highest BCUT2D eigenvalue weighted by Crippen LogP contribution is 2.08. The Bertz CT molecular complexity index is 300. The van der Waals surface area contributed by atoms with Crippen LogP contribution in [0, 0.1) is 0 Å². The summed E-state index contributed by atoms with van der Waals surface area (Å²) in [6.45, 7) is 6.94. The molecule has 4 nitrogen and oxygen atoms in total. The maximum Gasteiger partial charge on any atom is 0.123 e. The smallest absolute Gasteiger partial charge is 0.123 e. The number of methoxy groups -OCH3 is 1. The van der Waals surface area contributed by atoms with Crippen LogP contribution in [0.2, 0.25) is 0 Å². The monoisotopic (exact) mass is 223 g/mol. The minimum atomic E-state index is 0.410. The standard InChI is InChI=1S/C12H21N3O/c1-4-15(10(2)9-16-3)8-11-5-6-12(13)14-7-11/h5-7,10H,4,8-9H2,1-3H3,(H2,13,14). The molecule has 1 unspecified atom stereocenters. The normalized spacial score (nSPS) is 13.0. The van der Waals surface area contributed by atoms with Gasteiger partial charge >= 0.3 is 0 Å². The first kappa shape index (κ1) is 12.9. The predicted molar refractivity (Wildman–Crippen MR) is 66.1 cm³/mol. The molecule has 1 atom stereocenters. The zero-order valence-electron chi connectivity index (χ0n) is 10.3. The maximum absolute atomic E-state index is 5.55. The fourth-order valence-electron chi connectivity index (χ4n) is 1.69. The first-order valence-corrected chi connectivity index (χ1v) is 5.60. The van der Waals surface area contributed by atoms with Crippen LogP contribution in [0.25, 0.3) is 0 Å². The van der Waals surface area contributed by atoms with Crippen LogP contribution in [-0.2, 0) is 11.3 Å². The van der Waals surface area contributed by atoms with Gasteiger partial charge in [0.15, 0.2) is 0 Å². The molecular formula is C12H21N3O. The van der Waals surface area contributed by atoms with Crippen LogP contribution in [0.4, 0.5) is 5.82 Å². The molecule has 1 heterocycles. The molecular weight excluding hydrogens is 202 g/mol. The van der Waals surface area contributed by atoms with Gasteiger partial charge in [0.1, 0.15) is 5.82 Å². The summed E-state index contributed by atoms with van der Waals surface area (Å²) in [6, 6.07) is 4.27. The van der Waals surface area contributed by atoms with Gasteiger partial charge in [-0.1, -0.05) is 13.0 Å². The predicted octanol–water partition coefficient (Wildman–Crippen LogP) is 1.52. The summed E-state index contributed by atoms with van der Waals surface area (Å²) in [6.07, 6.45) is 1.83. The average Bonchev–Trinajstić information content (AvgIpc) is 2.28. The number of hydrogen-bond donors (Lipinski definition) is 1. The van der Waals surface area contributed by atoms with E-state index in [9.17, 15) is 0 Å². The van der Waals surface area contributed by atoms with Crippen molar-refractivity contribution in [3.05, 3.63) is 23.9 Å². The topological polar surface area (TPSA) is 51.4 Å². The lowest BCUT2D eigenvalue weighted by atomic mass is 10.2. The first-order valence-electron chi connectivity index (χ1n) is 5.60. The van der Waals surface area contributed by atoms with Crippen LogP contribution in [0.3, 0.4) is 0 Å². The third-order valence-corrected chi connectivity index (χ3v) is 2.67. The third-order valence-electron chi connectivity index (χ3n) is 2.67. The van der Waals surface area contributed by atoms with E-state index in [1.54, 1.807) is 7.11 Å². The van der Waals surface area contributed by atoms with Crippen LogP contribution in [0.15, 0.2) is 18.3 Å².